The van der Waals surface area contributed by atoms with E-state index in [1.165, 1.54) is 17.6 Å². The Bertz CT molecular complexity index is 1710. The summed E-state index contributed by atoms with van der Waals surface area (Å²) >= 11 is 0. The van der Waals surface area contributed by atoms with Gasteiger partial charge in [-0.2, -0.15) is 5.10 Å². The molecule has 14 heteroatoms. The summed E-state index contributed by atoms with van der Waals surface area (Å²) < 4.78 is 23.0. The number of hydrogen-bond acceptors (Lipinski definition) is 10. The highest BCUT2D eigenvalue weighted by Gasteiger charge is 2.28. The van der Waals surface area contributed by atoms with Gasteiger partial charge in [0.05, 0.1) is 11.9 Å². The van der Waals surface area contributed by atoms with Crippen LogP contribution in [-0.2, 0) is 0 Å². The van der Waals surface area contributed by atoms with Crippen LogP contribution in [0.5, 0.6) is 11.5 Å². The minimum Gasteiger partial charge on any atom is -0.465 e. The Morgan fingerprint density at radius 2 is 2.03 bits per heavy atom. The van der Waals surface area contributed by atoms with Crippen LogP contribution < -0.4 is 15.0 Å². The molecular weight excluding hydrogens is 507 g/mol. The molecular formula is C25H23FN10O3. The second-order valence-corrected chi connectivity index (χ2v) is 9.10. The zero-order valence-corrected chi connectivity index (χ0v) is 21.0. The molecule has 1 aliphatic rings. The average molecular weight is 531 g/mol. The first-order valence-corrected chi connectivity index (χ1v) is 12.1. The van der Waals surface area contributed by atoms with Crippen molar-refractivity contribution in [1.29, 1.82) is 0 Å². The van der Waals surface area contributed by atoms with E-state index in [2.05, 4.69) is 35.3 Å². The van der Waals surface area contributed by atoms with Gasteiger partial charge in [0.2, 0.25) is 5.95 Å². The zero-order chi connectivity index (χ0) is 27.1. The smallest absolute Gasteiger partial charge is 0.407 e. The Hall–Kier alpha value is -5.14. The Kier molecular flexibility index (Phi) is 5.98. The van der Waals surface area contributed by atoms with E-state index in [9.17, 15) is 9.90 Å². The van der Waals surface area contributed by atoms with Crippen molar-refractivity contribution in [3.8, 4) is 11.5 Å². The van der Waals surface area contributed by atoms with Crippen LogP contribution >= 0.6 is 0 Å². The highest BCUT2D eigenvalue weighted by atomic mass is 19.1. The van der Waals surface area contributed by atoms with Gasteiger partial charge in [-0.05, 0) is 32.0 Å². The van der Waals surface area contributed by atoms with Crippen LogP contribution in [0.25, 0.3) is 16.7 Å². The number of aromatic nitrogens is 7. The molecule has 0 spiro atoms. The van der Waals surface area contributed by atoms with Crippen LogP contribution in [-0.4, -0.2) is 76.3 Å². The lowest BCUT2D eigenvalue weighted by atomic mass is 10.1. The number of ether oxygens (including phenoxy) is 1. The Balaban J connectivity index is 1.26. The molecule has 39 heavy (non-hydrogen) atoms. The summed E-state index contributed by atoms with van der Waals surface area (Å²) in [5.41, 5.74) is 2.00. The standard InChI is InChI=1S/C25H23FN10O3/c1-14-11-34(7-8-35(14)25(37)38)24-27-10-18-22(33-24)23(30-12-28-18)32-17-3-4-19(15(2)21(17)26)39-16-5-6-36-20(9-16)29-13-31-36/h3-6,9-10,12-14H,7-8,11H2,1-2H3,(H,37,38)(H,28,30,32). The molecule has 0 radical (unpaired) electrons. The van der Waals surface area contributed by atoms with Crippen molar-refractivity contribution < 1.29 is 19.0 Å². The number of pyridine rings is 1. The van der Waals surface area contributed by atoms with Crippen molar-refractivity contribution in [2.24, 2.45) is 0 Å². The van der Waals surface area contributed by atoms with Gasteiger partial charge >= 0.3 is 6.09 Å². The van der Waals surface area contributed by atoms with Gasteiger partial charge in [-0.15, -0.1) is 0 Å². The number of piperazine rings is 1. The first-order chi connectivity index (χ1) is 18.9. The van der Waals surface area contributed by atoms with Crippen molar-refractivity contribution in [2.45, 2.75) is 19.9 Å². The van der Waals surface area contributed by atoms with E-state index in [4.69, 9.17) is 4.74 Å². The van der Waals surface area contributed by atoms with E-state index in [1.54, 1.807) is 48.1 Å². The van der Waals surface area contributed by atoms with Crippen molar-refractivity contribution in [3.63, 3.8) is 0 Å². The number of halogens is 1. The van der Waals surface area contributed by atoms with Gasteiger partial charge in [0.1, 0.15) is 35.2 Å². The largest absolute Gasteiger partial charge is 0.465 e. The minimum absolute atomic E-state index is 0.191. The maximum Gasteiger partial charge on any atom is 0.407 e. The summed E-state index contributed by atoms with van der Waals surface area (Å²) in [5.74, 6) is 1.08. The maximum atomic E-state index is 15.5. The molecule has 1 unspecified atom stereocenters. The molecule has 1 fully saturated rings. The normalized spacial score (nSPS) is 15.6. The molecule has 5 aromatic rings. The van der Waals surface area contributed by atoms with E-state index < -0.39 is 11.9 Å². The van der Waals surface area contributed by atoms with Crippen LogP contribution in [0.15, 0.2) is 49.3 Å². The predicted molar refractivity (Wildman–Crippen MR) is 139 cm³/mol. The number of benzene rings is 1. The summed E-state index contributed by atoms with van der Waals surface area (Å²) in [6.07, 6.45) is 5.12. The summed E-state index contributed by atoms with van der Waals surface area (Å²) in [6, 6.07) is 6.44. The fourth-order valence-electron chi connectivity index (χ4n) is 4.50. The number of rotatable bonds is 5. The van der Waals surface area contributed by atoms with Gasteiger partial charge in [0.15, 0.2) is 17.3 Å². The second-order valence-electron chi connectivity index (χ2n) is 9.10. The van der Waals surface area contributed by atoms with E-state index in [1.807, 2.05) is 11.8 Å². The first kappa shape index (κ1) is 24.2. The molecule has 1 saturated heterocycles. The Labute approximate surface area is 220 Å². The van der Waals surface area contributed by atoms with Crippen LogP contribution in [0.3, 0.4) is 0 Å². The van der Waals surface area contributed by atoms with Gasteiger partial charge in [-0.3, -0.25) is 0 Å². The third kappa shape index (κ3) is 4.56. The number of anilines is 3. The minimum atomic E-state index is -0.952. The topological polar surface area (TPSA) is 147 Å². The highest BCUT2D eigenvalue weighted by Crippen LogP contribution is 2.33. The molecule has 5 heterocycles. The lowest BCUT2D eigenvalue weighted by Crippen LogP contribution is -2.54. The van der Waals surface area contributed by atoms with Crippen molar-refractivity contribution in [1.82, 2.24) is 39.4 Å². The van der Waals surface area contributed by atoms with E-state index in [0.29, 0.717) is 65.1 Å². The molecule has 6 rings (SSSR count). The fourth-order valence-corrected chi connectivity index (χ4v) is 4.50. The molecule has 13 nitrogen and oxygen atoms in total. The third-order valence-electron chi connectivity index (χ3n) is 6.59. The van der Waals surface area contributed by atoms with Crippen LogP contribution in [0, 0.1) is 12.7 Å². The fraction of sp³-hybridized carbons (Fsp3) is 0.240. The first-order valence-electron chi connectivity index (χ1n) is 12.1. The van der Waals surface area contributed by atoms with E-state index in [-0.39, 0.29) is 11.7 Å². The van der Waals surface area contributed by atoms with E-state index >= 15 is 4.39 Å². The van der Waals surface area contributed by atoms with E-state index in [0.717, 1.165) is 0 Å². The summed E-state index contributed by atoms with van der Waals surface area (Å²) in [7, 11) is 0. The Morgan fingerprint density at radius 3 is 2.85 bits per heavy atom. The molecule has 1 aromatic carbocycles. The van der Waals surface area contributed by atoms with Gasteiger partial charge < -0.3 is 25.0 Å². The van der Waals surface area contributed by atoms with Crippen molar-refractivity contribution in [2.75, 3.05) is 29.9 Å². The van der Waals surface area contributed by atoms with Crippen molar-refractivity contribution in [3.05, 3.63) is 60.7 Å². The summed E-state index contributed by atoms with van der Waals surface area (Å²) in [5, 5.41) is 16.4. The molecule has 1 amide bonds. The number of carbonyl (C=O) groups is 1. The van der Waals surface area contributed by atoms with Crippen LogP contribution in [0.4, 0.5) is 26.6 Å². The van der Waals surface area contributed by atoms with Crippen molar-refractivity contribution >= 4 is 40.2 Å². The molecule has 2 N–H and O–H groups in total. The maximum absolute atomic E-state index is 15.5. The lowest BCUT2D eigenvalue weighted by Gasteiger charge is -2.38. The zero-order valence-electron chi connectivity index (χ0n) is 21.0. The molecule has 1 atom stereocenters. The number of hydrogen-bond donors (Lipinski definition) is 2. The number of carboxylic acid groups (broad SMARTS) is 1. The van der Waals surface area contributed by atoms with Gasteiger partial charge in [0, 0.05) is 43.5 Å². The number of nitrogens with zero attached hydrogens (tertiary/aromatic N) is 9. The Morgan fingerprint density at radius 1 is 1.15 bits per heavy atom. The molecule has 1 aliphatic heterocycles. The number of nitrogens with one attached hydrogen (secondary N) is 1. The molecule has 198 valence electrons. The third-order valence-corrected chi connectivity index (χ3v) is 6.59. The van der Waals surface area contributed by atoms with Gasteiger partial charge in [-0.1, -0.05) is 0 Å². The molecule has 4 aromatic heterocycles. The van der Waals surface area contributed by atoms with Crippen LogP contribution in [0.1, 0.15) is 12.5 Å². The summed E-state index contributed by atoms with van der Waals surface area (Å²) in [6.45, 7) is 4.68. The highest BCUT2D eigenvalue weighted by molar-refractivity contribution is 5.87. The van der Waals surface area contributed by atoms with Gasteiger partial charge in [0.25, 0.3) is 0 Å². The molecule has 0 aliphatic carbocycles. The SMILES string of the molecule is Cc1c(Oc2ccn3ncnc3c2)ccc(Nc2ncnc3cnc(N4CCN(C(=O)O)C(C)C4)nc23)c1F. The summed E-state index contributed by atoms with van der Waals surface area (Å²) in [4.78, 5) is 36.4. The second kappa shape index (κ2) is 9.63. The van der Waals surface area contributed by atoms with Crippen LogP contribution in [0.2, 0.25) is 0 Å². The number of amides is 1. The van der Waals surface area contributed by atoms with Gasteiger partial charge in [-0.25, -0.2) is 38.6 Å². The average Bonchev–Trinajstić information content (AvgIpc) is 3.40. The number of fused-ring (bicyclic) bond motifs is 2. The monoisotopic (exact) mass is 530 g/mol. The predicted octanol–water partition coefficient (Wildman–Crippen LogP) is 3.63. The lowest BCUT2D eigenvalue weighted by molar-refractivity contribution is 0.122. The molecule has 0 bridgehead atoms. The molecule has 0 saturated carbocycles. The quantitative estimate of drug-likeness (QED) is 0.343.